The number of aliphatic imine (C=N–C) groups is 1. The van der Waals surface area contributed by atoms with E-state index in [0.717, 1.165) is 30.1 Å². The van der Waals surface area contributed by atoms with Crippen molar-refractivity contribution in [3.8, 4) is 0 Å². The van der Waals surface area contributed by atoms with Crippen molar-refractivity contribution in [3.63, 3.8) is 0 Å². The van der Waals surface area contributed by atoms with E-state index in [1.165, 1.54) is 7.11 Å². The Labute approximate surface area is 116 Å². The van der Waals surface area contributed by atoms with Crippen molar-refractivity contribution in [3.05, 3.63) is 45.8 Å². The van der Waals surface area contributed by atoms with Crippen LogP contribution < -0.4 is 5.32 Å². The van der Waals surface area contributed by atoms with E-state index in [0.29, 0.717) is 0 Å². The van der Waals surface area contributed by atoms with Gasteiger partial charge < -0.3 is 10.1 Å². The third-order valence-corrected chi connectivity index (χ3v) is 3.15. The van der Waals surface area contributed by atoms with Gasteiger partial charge in [0.1, 0.15) is 12.5 Å². The Kier molecular flexibility index (Phi) is 4.92. The lowest BCUT2D eigenvalue weighted by Gasteiger charge is -2.20. The molecule has 0 bridgehead atoms. The van der Waals surface area contributed by atoms with Crippen LogP contribution in [0.5, 0.6) is 0 Å². The average Bonchev–Trinajstić information content (AvgIpc) is 3.02. The molecule has 0 saturated carbocycles. The molecule has 20 heavy (non-hydrogen) atoms. The molecule has 0 fully saturated rings. The molecule has 1 aromatic carbocycles. The number of halogens is 1. The lowest BCUT2D eigenvalue weighted by Crippen LogP contribution is -2.21. The maximum Gasteiger partial charge on any atom is 0.128 e. The van der Waals surface area contributed by atoms with Crippen LogP contribution in [0.3, 0.4) is 0 Å². The van der Waals surface area contributed by atoms with Crippen molar-refractivity contribution in [2.24, 2.45) is 10.1 Å². The second kappa shape index (κ2) is 6.88. The number of nitrogens with zero attached hydrogens (tertiary/aromatic N) is 4. The zero-order valence-electron chi connectivity index (χ0n) is 11.2. The van der Waals surface area contributed by atoms with Gasteiger partial charge in [0.15, 0.2) is 0 Å². The minimum absolute atomic E-state index is 0.594. The summed E-state index contributed by atoms with van der Waals surface area (Å²) in [5, 5.41) is 6.62. The molecule has 0 amide bonds. The van der Waals surface area contributed by atoms with Crippen LogP contribution >= 0.6 is 0 Å². The van der Waals surface area contributed by atoms with Gasteiger partial charge in [-0.25, -0.2) is 0 Å². The highest BCUT2D eigenvalue weighted by Crippen LogP contribution is 2.24. The largest absolute Gasteiger partial charge is 0.376 e. The second-order valence-corrected chi connectivity index (χ2v) is 4.36. The molecule has 0 aromatic heterocycles. The monoisotopic (exact) mass is 277 g/mol. The van der Waals surface area contributed by atoms with Crippen LogP contribution in [-0.2, 0) is 4.74 Å². The van der Waals surface area contributed by atoms with E-state index in [-0.39, 0.29) is 0 Å². The minimum Gasteiger partial charge on any atom is -0.376 e. The molecule has 0 unspecified atom stereocenters. The van der Waals surface area contributed by atoms with Crippen molar-refractivity contribution in [1.82, 2.24) is 5.32 Å². The molecule has 1 aromatic rings. The number of hydrogen-bond acceptors (Lipinski definition) is 4. The van der Waals surface area contributed by atoms with Crippen molar-refractivity contribution in [2.75, 3.05) is 26.9 Å². The van der Waals surface area contributed by atoms with E-state index in [1.54, 1.807) is 0 Å². The van der Waals surface area contributed by atoms with Gasteiger partial charge in [0.05, 0.1) is 18.7 Å². The van der Waals surface area contributed by atoms with Crippen LogP contribution in [0.25, 0.3) is 10.4 Å². The smallest absolute Gasteiger partial charge is 0.128 e. The molecular formula is C13H16FN5O. The summed E-state index contributed by atoms with van der Waals surface area (Å²) in [6.07, 6.45) is -0.594. The van der Waals surface area contributed by atoms with Crippen molar-refractivity contribution in [2.45, 2.75) is 12.1 Å². The fraction of sp³-hybridized carbons (Fsp3) is 0.462. The van der Waals surface area contributed by atoms with Gasteiger partial charge in [-0.15, -0.1) is 0 Å². The van der Waals surface area contributed by atoms with Gasteiger partial charge in [-0.1, -0.05) is 29.4 Å². The lowest BCUT2D eigenvalue weighted by molar-refractivity contribution is 0.0722. The molecular weight excluding hydrogens is 261 g/mol. The summed E-state index contributed by atoms with van der Waals surface area (Å²) in [4.78, 5) is 6.99. The summed E-state index contributed by atoms with van der Waals surface area (Å²) in [7, 11) is 1.47. The van der Waals surface area contributed by atoms with Crippen molar-refractivity contribution >= 4 is 5.84 Å². The molecule has 0 saturated heterocycles. The molecule has 2 rings (SSSR count). The topological polar surface area (TPSA) is 82.4 Å². The predicted molar refractivity (Wildman–Crippen MR) is 74.5 cm³/mol. The number of azide groups is 1. The number of rotatable bonds is 6. The normalized spacial score (nSPS) is 16.8. The van der Waals surface area contributed by atoms with Gasteiger partial charge in [-0.3, -0.25) is 9.38 Å². The molecule has 2 atom stereocenters. The molecule has 1 heterocycles. The Morgan fingerprint density at radius 2 is 2.25 bits per heavy atom. The molecule has 6 nitrogen and oxygen atoms in total. The minimum atomic E-state index is -0.863. The predicted octanol–water partition coefficient (Wildman–Crippen LogP) is 2.37. The van der Waals surface area contributed by atoms with Crippen LogP contribution in [0, 0.1) is 0 Å². The summed E-state index contributed by atoms with van der Waals surface area (Å²) >= 11 is 0. The third kappa shape index (κ3) is 3.07. The molecule has 0 radical (unpaired) electrons. The van der Waals surface area contributed by atoms with Crippen molar-refractivity contribution < 1.29 is 9.13 Å². The zero-order valence-corrected chi connectivity index (χ0v) is 11.2. The number of alkyl halides is 1. The first kappa shape index (κ1) is 14.3. The quantitative estimate of drug-likeness (QED) is 0.492. The first-order chi connectivity index (χ1) is 9.80. The fourth-order valence-electron chi connectivity index (χ4n) is 2.18. The highest BCUT2D eigenvalue weighted by atomic mass is 19.1. The Morgan fingerprint density at radius 3 is 2.75 bits per heavy atom. The van der Waals surface area contributed by atoms with Crippen molar-refractivity contribution in [1.29, 1.82) is 0 Å². The number of amidine groups is 1. The van der Waals surface area contributed by atoms with E-state index in [2.05, 4.69) is 20.3 Å². The Morgan fingerprint density at radius 1 is 1.50 bits per heavy atom. The fourth-order valence-corrected chi connectivity index (χ4v) is 2.18. The number of hydrogen-bond donors (Lipinski definition) is 1. The highest BCUT2D eigenvalue weighted by Gasteiger charge is 2.22. The Bertz CT molecular complexity index is 524. The van der Waals surface area contributed by atoms with Gasteiger partial charge in [0, 0.05) is 24.1 Å². The van der Waals surface area contributed by atoms with Gasteiger partial charge >= 0.3 is 0 Å². The van der Waals surface area contributed by atoms with Gasteiger partial charge in [-0.2, -0.15) is 0 Å². The van der Waals surface area contributed by atoms with Crippen LogP contribution in [0.2, 0.25) is 0 Å². The molecule has 106 valence electrons. The molecule has 0 spiro atoms. The van der Waals surface area contributed by atoms with Crippen LogP contribution in [-0.4, -0.2) is 38.8 Å². The first-order valence-corrected chi connectivity index (χ1v) is 6.31. The molecule has 7 heteroatoms. The first-order valence-electron chi connectivity index (χ1n) is 6.31. The van der Waals surface area contributed by atoms with Crippen LogP contribution in [0.15, 0.2) is 34.4 Å². The summed E-state index contributed by atoms with van der Waals surface area (Å²) in [6.45, 7) is 0.857. The summed E-state index contributed by atoms with van der Waals surface area (Å²) in [5.41, 5.74) is 10.2. The standard InChI is InChI=1S/C13H16FN5O/c1-20-12(11(8-14)18-19-15)9-2-4-10(5-3-9)13-16-6-7-17-13/h2-5,11-12H,6-8H2,1H3,(H,16,17)/t11-,12-/m1/s1. The Hall–Kier alpha value is -2.11. The Balaban J connectivity index is 2.20. The second-order valence-electron chi connectivity index (χ2n) is 4.36. The SMILES string of the molecule is CO[C@H](c1ccc(C2=NCCN2)cc1)[C@@H](CF)N=[N+]=[N-]. The average molecular weight is 277 g/mol. The maximum atomic E-state index is 12.9. The molecule has 1 aliphatic heterocycles. The maximum absolute atomic E-state index is 12.9. The van der Waals surface area contributed by atoms with Crippen LogP contribution in [0.1, 0.15) is 17.2 Å². The number of benzene rings is 1. The number of methoxy groups -OCH3 is 1. The zero-order chi connectivity index (χ0) is 14.4. The van der Waals surface area contributed by atoms with E-state index in [1.807, 2.05) is 24.3 Å². The summed E-state index contributed by atoms with van der Waals surface area (Å²) in [5.74, 6) is 0.864. The molecule has 1 aliphatic rings. The van der Waals surface area contributed by atoms with Gasteiger partial charge in [0.25, 0.3) is 0 Å². The van der Waals surface area contributed by atoms with E-state index < -0.39 is 18.8 Å². The third-order valence-electron chi connectivity index (χ3n) is 3.15. The lowest BCUT2D eigenvalue weighted by atomic mass is 10.0. The number of nitrogens with one attached hydrogen (secondary N) is 1. The van der Waals surface area contributed by atoms with Crippen LogP contribution in [0.4, 0.5) is 4.39 Å². The highest BCUT2D eigenvalue weighted by molar-refractivity contribution is 5.99. The molecule has 0 aliphatic carbocycles. The van der Waals surface area contributed by atoms with E-state index in [4.69, 9.17) is 10.3 Å². The van der Waals surface area contributed by atoms with E-state index in [9.17, 15) is 4.39 Å². The summed E-state index contributed by atoms with van der Waals surface area (Å²) < 4.78 is 18.2. The van der Waals surface area contributed by atoms with Gasteiger partial charge in [0.2, 0.25) is 0 Å². The molecule has 1 N–H and O–H groups in total. The van der Waals surface area contributed by atoms with Gasteiger partial charge in [-0.05, 0) is 11.1 Å². The van der Waals surface area contributed by atoms with E-state index >= 15 is 0 Å². The summed E-state index contributed by atoms with van der Waals surface area (Å²) in [6, 6.07) is 6.59. The number of ether oxygens (including phenoxy) is 1.